The van der Waals surface area contributed by atoms with Crippen molar-refractivity contribution < 1.29 is 27.8 Å². The summed E-state index contributed by atoms with van der Waals surface area (Å²) in [6.45, 7) is 2.88. The molecule has 5 nitrogen and oxygen atoms in total. The van der Waals surface area contributed by atoms with Crippen LogP contribution in [-0.4, -0.2) is 40.2 Å². The summed E-state index contributed by atoms with van der Waals surface area (Å²) in [6.07, 6.45) is -3.92. The summed E-state index contributed by atoms with van der Waals surface area (Å²) < 4.78 is 46.5. The molecule has 1 N–H and O–H groups in total. The molecule has 0 spiro atoms. The number of amides is 1. The van der Waals surface area contributed by atoms with Crippen LogP contribution < -0.4 is 4.74 Å². The van der Waals surface area contributed by atoms with E-state index in [9.17, 15) is 23.1 Å². The van der Waals surface area contributed by atoms with Crippen molar-refractivity contribution >= 4 is 23.2 Å². The summed E-state index contributed by atoms with van der Waals surface area (Å²) in [7, 11) is 0. The van der Waals surface area contributed by atoms with Gasteiger partial charge in [-0.25, -0.2) is 0 Å². The normalized spacial score (nSPS) is 28.0. The van der Waals surface area contributed by atoms with Crippen molar-refractivity contribution in [3.63, 3.8) is 0 Å². The molecule has 1 saturated carbocycles. The van der Waals surface area contributed by atoms with Gasteiger partial charge in [-0.1, -0.05) is 18.5 Å². The molecule has 1 aromatic rings. The molecule has 0 saturated heterocycles. The summed E-state index contributed by atoms with van der Waals surface area (Å²) in [5.74, 6) is -2.01. The topological polar surface area (TPSA) is 62.1 Å². The summed E-state index contributed by atoms with van der Waals surface area (Å²) in [5.41, 5.74) is -2.42. The van der Waals surface area contributed by atoms with Gasteiger partial charge in [0.2, 0.25) is 0 Å². The van der Waals surface area contributed by atoms with E-state index in [-0.39, 0.29) is 23.1 Å². The second-order valence-corrected chi connectivity index (χ2v) is 7.56. The smallest absolute Gasteiger partial charge is 0.439 e. The van der Waals surface area contributed by atoms with Crippen LogP contribution in [0, 0.1) is 18.8 Å². The zero-order chi connectivity index (χ0) is 20.0. The number of aryl methyl sites for hydroxylation is 1. The number of fused-ring (bicyclic) bond motifs is 1. The first-order chi connectivity index (χ1) is 12.5. The Hall–Kier alpha value is -1.80. The molecule has 1 aliphatic heterocycles. The Bertz CT molecular complexity index is 784. The fourth-order valence-corrected chi connectivity index (χ4v) is 3.69. The number of aliphatic hydroxyl groups is 1. The van der Waals surface area contributed by atoms with Gasteiger partial charge in [0.25, 0.3) is 11.6 Å². The van der Waals surface area contributed by atoms with Crippen LogP contribution in [0.1, 0.15) is 31.7 Å². The minimum absolute atomic E-state index is 0.00571. The number of benzene rings is 1. The largest absolute Gasteiger partial charge is 0.484 e. The molecule has 0 radical (unpaired) electrons. The predicted octanol–water partition coefficient (Wildman–Crippen LogP) is 3.91. The van der Waals surface area contributed by atoms with Crippen LogP contribution in [0.4, 0.5) is 13.2 Å². The van der Waals surface area contributed by atoms with Crippen molar-refractivity contribution in [2.45, 2.75) is 45.0 Å². The lowest BCUT2D eigenvalue weighted by molar-refractivity contribution is -0.318. The average molecular weight is 405 g/mol. The van der Waals surface area contributed by atoms with Crippen LogP contribution in [0.2, 0.25) is 5.02 Å². The third-order valence-corrected chi connectivity index (χ3v) is 5.54. The molecule has 0 aromatic heterocycles. The van der Waals surface area contributed by atoms with Crippen molar-refractivity contribution in [1.29, 1.82) is 0 Å². The molecule has 27 heavy (non-hydrogen) atoms. The van der Waals surface area contributed by atoms with Crippen molar-refractivity contribution in [2.24, 2.45) is 16.9 Å². The number of ether oxygens (including phenoxy) is 1. The van der Waals surface area contributed by atoms with Crippen molar-refractivity contribution in [2.75, 3.05) is 6.61 Å². The van der Waals surface area contributed by atoms with Gasteiger partial charge in [0, 0.05) is 10.7 Å². The maximum Gasteiger partial charge on any atom is 0.439 e. The van der Waals surface area contributed by atoms with Crippen LogP contribution in [0.25, 0.3) is 0 Å². The Morgan fingerprint density at radius 3 is 2.81 bits per heavy atom. The predicted molar refractivity (Wildman–Crippen MR) is 93.5 cm³/mol. The molecular formula is C18H20ClF3N2O3. The number of alkyl halides is 3. The first kappa shape index (κ1) is 19.9. The number of halogens is 4. The van der Waals surface area contributed by atoms with Crippen LogP contribution in [0.5, 0.6) is 5.75 Å². The number of carbonyl (C=O) groups excluding carboxylic acids is 1. The van der Waals surface area contributed by atoms with Gasteiger partial charge in [-0.3, -0.25) is 4.79 Å². The molecule has 1 aromatic carbocycles. The van der Waals surface area contributed by atoms with Gasteiger partial charge in [0.05, 0.1) is 5.92 Å². The highest BCUT2D eigenvalue weighted by Crippen LogP contribution is 2.49. The Labute approximate surface area is 159 Å². The van der Waals surface area contributed by atoms with E-state index < -0.39 is 30.3 Å². The molecule has 1 amide bonds. The molecule has 1 fully saturated rings. The maximum absolute atomic E-state index is 13.7. The molecule has 9 heteroatoms. The first-order valence-electron chi connectivity index (χ1n) is 8.62. The van der Waals surface area contributed by atoms with E-state index in [1.165, 1.54) is 6.07 Å². The molecule has 3 atom stereocenters. The number of rotatable bonds is 3. The number of hydrogen-bond donors (Lipinski definition) is 1. The summed E-state index contributed by atoms with van der Waals surface area (Å²) in [6, 6.07) is 4.65. The van der Waals surface area contributed by atoms with Crippen LogP contribution in [0.15, 0.2) is 23.3 Å². The van der Waals surface area contributed by atoms with Gasteiger partial charge in [0.15, 0.2) is 6.61 Å². The summed E-state index contributed by atoms with van der Waals surface area (Å²) in [4.78, 5) is 12.5. The first-order valence-corrected chi connectivity index (χ1v) is 9.00. The quantitative estimate of drug-likeness (QED) is 0.830. The van der Waals surface area contributed by atoms with Crippen LogP contribution >= 0.6 is 11.6 Å². The number of hydrogen-bond acceptors (Lipinski definition) is 4. The monoisotopic (exact) mass is 404 g/mol. The lowest BCUT2D eigenvalue weighted by Crippen LogP contribution is -2.62. The minimum atomic E-state index is -5.04. The van der Waals surface area contributed by atoms with E-state index >= 15 is 0 Å². The highest BCUT2D eigenvalue weighted by molar-refractivity contribution is 6.31. The second-order valence-electron chi connectivity index (χ2n) is 7.15. The Kier molecular flexibility index (Phi) is 5.16. The van der Waals surface area contributed by atoms with Crippen molar-refractivity contribution in [1.82, 2.24) is 5.01 Å². The second kappa shape index (κ2) is 6.98. The third-order valence-electron chi connectivity index (χ3n) is 5.12. The van der Waals surface area contributed by atoms with Gasteiger partial charge < -0.3 is 9.84 Å². The Morgan fingerprint density at radius 1 is 1.48 bits per heavy atom. The zero-order valence-electron chi connectivity index (χ0n) is 14.9. The lowest BCUT2D eigenvalue weighted by atomic mass is 9.76. The summed E-state index contributed by atoms with van der Waals surface area (Å²) >= 11 is 5.91. The van der Waals surface area contributed by atoms with Gasteiger partial charge in [-0.15, -0.1) is 0 Å². The van der Waals surface area contributed by atoms with Gasteiger partial charge in [-0.05, 0) is 55.9 Å². The Balaban J connectivity index is 1.81. The average Bonchev–Trinajstić information content (AvgIpc) is 2.89. The third kappa shape index (κ3) is 3.52. The van der Waals surface area contributed by atoms with E-state index in [2.05, 4.69) is 5.10 Å². The van der Waals surface area contributed by atoms with E-state index in [0.29, 0.717) is 29.2 Å². The molecule has 1 heterocycles. The Morgan fingerprint density at radius 2 is 2.19 bits per heavy atom. The minimum Gasteiger partial charge on any atom is -0.484 e. The molecule has 148 valence electrons. The van der Waals surface area contributed by atoms with Gasteiger partial charge in [0.1, 0.15) is 5.75 Å². The van der Waals surface area contributed by atoms with Crippen LogP contribution in [-0.2, 0) is 4.79 Å². The van der Waals surface area contributed by atoms with Crippen molar-refractivity contribution in [3.8, 4) is 5.75 Å². The van der Waals surface area contributed by atoms with E-state index in [0.717, 1.165) is 0 Å². The highest BCUT2D eigenvalue weighted by Gasteiger charge is 2.68. The number of nitrogens with zero attached hydrogens (tertiary/aromatic N) is 2. The highest BCUT2D eigenvalue weighted by atomic mass is 35.5. The number of hydrazone groups is 1. The molecule has 2 aliphatic rings. The standard InChI is InChI=1S/C18H20ClF3N2O3/c1-10-3-6-15-13(7-10)17(26,18(20,21)22)24(23-15)16(25)9-27-12-4-5-14(19)11(2)8-12/h4-5,8,10,13,26H,3,6-7,9H2,1-2H3/t10-,13+,17+/m0/s1. The SMILES string of the molecule is Cc1cc(OCC(=O)N2N=C3CC[C@H](C)C[C@H]3[C@@]2(O)C(F)(F)F)ccc1Cl. The molecule has 3 rings (SSSR count). The van der Waals surface area contributed by atoms with Crippen LogP contribution in [0.3, 0.4) is 0 Å². The van der Waals surface area contributed by atoms with E-state index in [4.69, 9.17) is 16.3 Å². The number of carbonyl (C=O) groups is 1. The van der Waals surface area contributed by atoms with Gasteiger partial charge in [-0.2, -0.15) is 23.3 Å². The van der Waals surface area contributed by atoms with E-state index in [1.807, 2.05) is 6.92 Å². The maximum atomic E-state index is 13.7. The van der Waals surface area contributed by atoms with E-state index in [1.54, 1.807) is 19.1 Å². The fraction of sp³-hybridized carbons (Fsp3) is 0.556. The fourth-order valence-electron chi connectivity index (χ4n) is 3.57. The van der Waals surface area contributed by atoms with Gasteiger partial charge >= 0.3 is 6.18 Å². The lowest BCUT2D eigenvalue weighted by Gasteiger charge is -2.39. The van der Waals surface area contributed by atoms with Crippen molar-refractivity contribution in [3.05, 3.63) is 28.8 Å². The summed E-state index contributed by atoms with van der Waals surface area (Å²) in [5, 5.41) is 15.0. The molecular weight excluding hydrogens is 385 g/mol. The zero-order valence-corrected chi connectivity index (χ0v) is 15.6. The molecule has 0 unspecified atom stereocenters. The molecule has 0 bridgehead atoms. The molecule has 1 aliphatic carbocycles.